The van der Waals surface area contributed by atoms with Gasteiger partial charge in [-0.05, 0) is 65.9 Å². The summed E-state index contributed by atoms with van der Waals surface area (Å²) in [6.45, 7) is 0.686. The van der Waals surface area contributed by atoms with Crippen molar-refractivity contribution < 1.29 is 43.5 Å². The lowest BCUT2D eigenvalue weighted by Gasteiger charge is -2.29. The summed E-state index contributed by atoms with van der Waals surface area (Å²) in [5.74, 6) is 1.08. The Kier molecular flexibility index (Phi) is 13.1. The third kappa shape index (κ3) is 10.3. The van der Waals surface area contributed by atoms with E-state index in [9.17, 15) is 39.7 Å². The van der Waals surface area contributed by atoms with E-state index in [4.69, 9.17) is 14.2 Å². The fourth-order valence-electron chi connectivity index (χ4n) is 6.24. The topological polar surface area (TPSA) is 195 Å². The lowest BCUT2D eigenvalue weighted by Crippen LogP contribution is -2.45. The van der Waals surface area contributed by atoms with Gasteiger partial charge in [0.25, 0.3) is 11.4 Å². The summed E-state index contributed by atoms with van der Waals surface area (Å²) in [6.07, 6.45) is -1.78. The Morgan fingerprint density at radius 1 is 0.887 bits per heavy atom. The van der Waals surface area contributed by atoms with Crippen LogP contribution in [-0.2, 0) is 33.2 Å². The van der Waals surface area contributed by atoms with E-state index in [0.717, 1.165) is 11.3 Å². The van der Waals surface area contributed by atoms with Gasteiger partial charge in [-0.25, -0.2) is 9.59 Å². The minimum Gasteiger partial charge on any atom is -0.497 e. The molecular formula is C36H41N5O11S. The summed E-state index contributed by atoms with van der Waals surface area (Å²) in [5, 5.41) is 33.2. The first-order chi connectivity index (χ1) is 25.4. The zero-order valence-corrected chi connectivity index (χ0v) is 30.1. The van der Waals surface area contributed by atoms with Crippen LogP contribution in [0.2, 0.25) is 0 Å². The normalized spacial score (nSPS) is 18.7. The Morgan fingerprint density at radius 2 is 1.45 bits per heavy atom. The van der Waals surface area contributed by atoms with Crippen LogP contribution in [0.5, 0.6) is 5.75 Å². The van der Waals surface area contributed by atoms with E-state index < -0.39 is 34.2 Å². The van der Waals surface area contributed by atoms with Gasteiger partial charge in [0.2, 0.25) is 5.91 Å². The number of carbonyl (C=O) groups excluding carboxylic acids is 3. The quantitative estimate of drug-likeness (QED) is 0.168. The lowest BCUT2D eigenvalue weighted by atomic mass is 10.0. The van der Waals surface area contributed by atoms with E-state index in [1.807, 2.05) is 24.3 Å². The molecule has 2 aliphatic rings. The van der Waals surface area contributed by atoms with Crippen molar-refractivity contribution in [2.24, 2.45) is 0 Å². The predicted molar refractivity (Wildman–Crippen MR) is 193 cm³/mol. The SMILES string of the molecule is COc1ccc(CS[C@H]2C[C@@H](C(O)CC(=O)N3CC[C@H](N(C)C(=O)OCc4ccc([N+](=O)[O-])cc4)C3)N(C(=O)OCc3ccc([N+](=O)[O-])cc3)C2)cc1. The van der Waals surface area contributed by atoms with Gasteiger partial charge in [0.05, 0.1) is 41.6 Å². The number of carbonyl (C=O) groups is 3. The number of hydrogen-bond acceptors (Lipinski definition) is 12. The molecule has 3 aromatic rings. The van der Waals surface area contributed by atoms with E-state index in [1.54, 1.807) is 30.8 Å². The van der Waals surface area contributed by atoms with Crippen LogP contribution in [0.1, 0.15) is 36.0 Å². The first-order valence-corrected chi connectivity index (χ1v) is 18.0. The second kappa shape index (κ2) is 17.9. The zero-order valence-electron chi connectivity index (χ0n) is 29.3. The molecule has 2 saturated heterocycles. The third-order valence-corrected chi connectivity index (χ3v) is 10.7. The minimum atomic E-state index is -1.19. The summed E-state index contributed by atoms with van der Waals surface area (Å²) < 4.78 is 16.2. The van der Waals surface area contributed by atoms with Crippen LogP contribution in [0.4, 0.5) is 21.0 Å². The summed E-state index contributed by atoms with van der Waals surface area (Å²) in [4.78, 5) is 64.9. The second-order valence-corrected chi connectivity index (χ2v) is 14.1. The number of amides is 3. The van der Waals surface area contributed by atoms with Crippen molar-refractivity contribution in [3.05, 3.63) is 110 Å². The summed E-state index contributed by atoms with van der Waals surface area (Å²) in [7, 11) is 3.17. The largest absolute Gasteiger partial charge is 0.497 e. The molecule has 2 heterocycles. The van der Waals surface area contributed by atoms with Crippen LogP contribution in [0.3, 0.4) is 0 Å². The molecule has 1 unspecified atom stereocenters. The number of ether oxygens (including phenoxy) is 3. The Morgan fingerprint density at radius 3 is 2.02 bits per heavy atom. The van der Waals surface area contributed by atoms with E-state index >= 15 is 0 Å². The number of aliphatic hydroxyl groups is 1. The van der Waals surface area contributed by atoms with Crippen molar-refractivity contribution in [1.29, 1.82) is 0 Å². The molecular weight excluding hydrogens is 710 g/mol. The number of benzene rings is 3. The number of aliphatic hydroxyl groups excluding tert-OH is 1. The van der Waals surface area contributed by atoms with Crippen molar-refractivity contribution in [2.45, 2.75) is 61.7 Å². The number of non-ortho nitro benzene ring substituents is 2. The number of methoxy groups -OCH3 is 1. The van der Waals surface area contributed by atoms with Gasteiger partial charge in [0.15, 0.2) is 0 Å². The zero-order chi connectivity index (χ0) is 38.1. The number of hydrogen-bond donors (Lipinski definition) is 1. The maximum absolute atomic E-state index is 13.4. The van der Waals surface area contributed by atoms with Crippen molar-refractivity contribution >= 4 is 41.2 Å². The number of nitro benzene ring substituents is 2. The molecule has 0 aromatic heterocycles. The number of nitro groups is 2. The maximum Gasteiger partial charge on any atom is 0.410 e. The fraction of sp³-hybridized carbons (Fsp3) is 0.417. The van der Waals surface area contributed by atoms with Gasteiger partial charge in [-0.1, -0.05) is 12.1 Å². The Bertz CT molecular complexity index is 1760. The van der Waals surface area contributed by atoms with Crippen LogP contribution in [0.25, 0.3) is 0 Å². The number of likely N-dealkylation sites (tertiary alicyclic amines) is 2. The number of nitrogens with zero attached hydrogens (tertiary/aromatic N) is 5. The Labute approximate surface area is 309 Å². The van der Waals surface area contributed by atoms with Gasteiger partial charge >= 0.3 is 12.2 Å². The molecule has 5 rings (SSSR count). The molecule has 0 aliphatic carbocycles. The molecule has 4 atom stereocenters. The number of likely N-dealkylation sites (N-methyl/N-ethyl adjacent to an activating group) is 1. The van der Waals surface area contributed by atoms with E-state index in [0.29, 0.717) is 36.3 Å². The molecule has 2 aliphatic heterocycles. The molecule has 17 heteroatoms. The molecule has 16 nitrogen and oxygen atoms in total. The van der Waals surface area contributed by atoms with E-state index in [2.05, 4.69) is 0 Å². The monoisotopic (exact) mass is 751 g/mol. The molecule has 1 N–H and O–H groups in total. The van der Waals surface area contributed by atoms with Crippen molar-refractivity contribution in [3.8, 4) is 5.75 Å². The minimum absolute atomic E-state index is 0.0550. The highest BCUT2D eigenvalue weighted by atomic mass is 32.2. The second-order valence-electron chi connectivity index (χ2n) is 12.9. The van der Waals surface area contributed by atoms with Gasteiger partial charge in [-0.15, -0.1) is 0 Å². The number of rotatable bonds is 14. The highest BCUT2D eigenvalue weighted by Crippen LogP contribution is 2.33. The Hall–Kier alpha value is -5.42. The lowest BCUT2D eigenvalue weighted by molar-refractivity contribution is -0.385. The Balaban J connectivity index is 1.16. The molecule has 3 amide bonds. The molecule has 53 heavy (non-hydrogen) atoms. The fourth-order valence-corrected chi connectivity index (χ4v) is 7.46. The van der Waals surface area contributed by atoms with Gasteiger partial charge in [0.1, 0.15) is 19.0 Å². The van der Waals surface area contributed by atoms with E-state index in [-0.39, 0.29) is 61.3 Å². The molecule has 0 spiro atoms. The molecule has 282 valence electrons. The summed E-state index contributed by atoms with van der Waals surface area (Å²) in [6, 6.07) is 18.0. The molecule has 0 radical (unpaired) electrons. The number of thioether (sulfide) groups is 1. The van der Waals surface area contributed by atoms with Gasteiger partial charge < -0.3 is 34.0 Å². The summed E-state index contributed by atoms with van der Waals surface area (Å²) in [5.41, 5.74) is 2.06. The predicted octanol–water partition coefficient (Wildman–Crippen LogP) is 5.15. The smallest absolute Gasteiger partial charge is 0.410 e. The van der Waals surface area contributed by atoms with Crippen molar-refractivity contribution in [2.75, 3.05) is 33.8 Å². The van der Waals surface area contributed by atoms with Crippen LogP contribution >= 0.6 is 11.8 Å². The highest BCUT2D eigenvalue weighted by Gasteiger charge is 2.42. The van der Waals surface area contributed by atoms with Crippen molar-refractivity contribution in [1.82, 2.24) is 14.7 Å². The van der Waals surface area contributed by atoms with Crippen LogP contribution in [0.15, 0.2) is 72.8 Å². The maximum atomic E-state index is 13.4. The van der Waals surface area contributed by atoms with Gasteiger partial charge in [-0.3, -0.25) is 25.0 Å². The van der Waals surface area contributed by atoms with Gasteiger partial charge in [0, 0.05) is 62.0 Å². The average molecular weight is 752 g/mol. The molecule has 0 saturated carbocycles. The molecule has 2 fully saturated rings. The van der Waals surface area contributed by atoms with Crippen LogP contribution in [0, 0.1) is 20.2 Å². The standard InChI is InChI=1S/C36H41N5O11S/c1-37(35(44)51-21-24-3-9-27(10-4-24)40(46)47)29-15-16-38(19-29)34(43)18-33(42)32-17-31(53-23-26-7-13-30(50-2)14-8-26)20-39(32)36(45)52-22-25-5-11-28(12-6-25)41(48)49/h3-14,29,31-33,42H,15-23H2,1-2H3/t29-,31-,32-,33?/m0/s1. The van der Waals surface area contributed by atoms with Crippen LogP contribution in [-0.4, -0.2) is 105 Å². The first-order valence-electron chi connectivity index (χ1n) is 16.9. The van der Waals surface area contributed by atoms with Crippen LogP contribution < -0.4 is 4.74 Å². The first kappa shape index (κ1) is 38.8. The average Bonchev–Trinajstić information content (AvgIpc) is 3.84. The highest BCUT2D eigenvalue weighted by molar-refractivity contribution is 7.99. The van der Waals surface area contributed by atoms with E-state index in [1.165, 1.54) is 58.3 Å². The molecule has 0 bridgehead atoms. The third-order valence-electron chi connectivity index (χ3n) is 9.38. The molecule has 3 aromatic carbocycles. The summed E-state index contributed by atoms with van der Waals surface area (Å²) >= 11 is 1.63. The van der Waals surface area contributed by atoms with Gasteiger partial charge in [-0.2, -0.15) is 11.8 Å². The van der Waals surface area contributed by atoms with Crippen molar-refractivity contribution in [3.63, 3.8) is 0 Å².